The van der Waals surface area contributed by atoms with Crippen LogP contribution in [0.2, 0.25) is 0 Å². The molecule has 0 spiro atoms. The highest BCUT2D eigenvalue weighted by molar-refractivity contribution is 9.10. The molecular formula is C10H17BrN2O2. The second kappa shape index (κ2) is 5.49. The molecule has 0 aromatic rings. The SMILES string of the molecule is CC(C)C(Br)C(=O)NCC1CCC(=O)N1. The molecule has 1 fully saturated rings. The van der Waals surface area contributed by atoms with Crippen LogP contribution in [0.15, 0.2) is 0 Å². The zero-order valence-electron chi connectivity index (χ0n) is 9.05. The van der Waals surface area contributed by atoms with Gasteiger partial charge in [0.15, 0.2) is 0 Å². The Labute approximate surface area is 98.3 Å². The van der Waals surface area contributed by atoms with Gasteiger partial charge >= 0.3 is 0 Å². The Balaban J connectivity index is 2.25. The van der Waals surface area contributed by atoms with Crippen molar-refractivity contribution in [2.45, 2.75) is 37.6 Å². The molecule has 0 saturated carbocycles. The van der Waals surface area contributed by atoms with Gasteiger partial charge in [-0.3, -0.25) is 9.59 Å². The van der Waals surface area contributed by atoms with Crippen molar-refractivity contribution in [1.82, 2.24) is 10.6 Å². The van der Waals surface area contributed by atoms with Crippen LogP contribution in [0.3, 0.4) is 0 Å². The van der Waals surface area contributed by atoms with Crippen LogP contribution in [0.5, 0.6) is 0 Å². The number of carbonyl (C=O) groups is 2. The number of halogens is 1. The number of hydrogen-bond acceptors (Lipinski definition) is 2. The monoisotopic (exact) mass is 276 g/mol. The van der Waals surface area contributed by atoms with Crippen LogP contribution in [0.4, 0.5) is 0 Å². The smallest absolute Gasteiger partial charge is 0.234 e. The van der Waals surface area contributed by atoms with Crippen LogP contribution in [-0.2, 0) is 9.59 Å². The lowest BCUT2D eigenvalue weighted by Gasteiger charge is -2.16. The first-order chi connectivity index (χ1) is 7.00. The van der Waals surface area contributed by atoms with Crippen molar-refractivity contribution in [3.05, 3.63) is 0 Å². The van der Waals surface area contributed by atoms with Crippen LogP contribution >= 0.6 is 15.9 Å². The highest BCUT2D eigenvalue weighted by Gasteiger charge is 2.23. The topological polar surface area (TPSA) is 58.2 Å². The third kappa shape index (κ3) is 3.81. The quantitative estimate of drug-likeness (QED) is 0.747. The van der Waals surface area contributed by atoms with E-state index < -0.39 is 0 Å². The summed E-state index contributed by atoms with van der Waals surface area (Å²) in [5.41, 5.74) is 0. The van der Waals surface area contributed by atoms with E-state index in [4.69, 9.17) is 0 Å². The molecule has 2 atom stereocenters. The molecule has 1 saturated heterocycles. The fourth-order valence-corrected chi connectivity index (χ4v) is 1.62. The lowest BCUT2D eigenvalue weighted by Crippen LogP contribution is -2.42. The molecule has 1 aliphatic rings. The summed E-state index contributed by atoms with van der Waals surface area (Å²) < 4.78 is 0. The Bertz CT molecular complexity index is 256. The van der Waals surface area contributed by atoms with Gasteiger partial charge in [0.1, 0.15) is 0 Å². The minimum atomic E-state index is -0.158. The average Bonchev–Trinajstić information content (AvgIpc) is 2.59. The Morgan fingerprint density at radius 3 is 2.80 bits per heavy atom. The number of rotatable bonds is 4. The average molecular weight is 277 g/mol. The van der Waals surface area contributed by atoms with Crippen molar-refractivity contribution in [2.75, 3.05) is 6.54 Å². The maximum absolute atomic E-state index is 11.6. The van der Waals surface area contributed by atoms with Gasteiger partial charge in [0.2, 0.25) is 11.8 Å². The van der Waals surface area contributed by atoms with Crippen molar-refractivity contribution < 1.29 is 9.59 Å². The number of alkyl halides is 1. The summed E-state index contributed by atoms with van der Waals surface area (Å²) in [6.45, 7) is 4.49. The number of carbonyl (C=O) groups excluding carboxylic acids is 2. The molecule has 0 aromatic carbocycles. The summed E-state index contributed by atoms with van der Waals surface area (Å²) in [6, 6.07) is 0.105. The summed E-state index contributed by atoms with van der Waals surface area (Å²) in [5.74, 6) is 0.336. The van der Waals surface area contributed by atoms with Gasteiger partial charge in [0.25, 0.3) is 0 Å². The highest BCUT2D eigenvalue weighted by atomic mass is 79.9. The predicted molar refractivity (Wildman–Crippen MR) is 61.7 cm³/mol. The molecule has 5 heteroatoms. The maximum atomic E-state index is 11.6. The van der Waals surface area contributed by atoms with Crippen LogP contribution in [0.25, 0.3) is 0 Å². The van der Waals surface area contributed by atoms with Crippen LogP contribution in [-0.4, -0.2) is 29.2 Å². The largest absolute Gasteiger partial charge is 0.353 e. The summed E-state index contributed by atoms with van der Waals surface area (Å²) in [7, 11) is 0. The molecule has 1 aliphatic heterocycles. The van der Waals surface area contributed by atoms with E-state index >= 15 is 0 Å². The van der Waals surface area contributed by atoms with Gasteiger partial charge in [-0.15, -0.1) is 0 Å². The molecule has 4 nitrogen and oxygen atoms in total. The number of amides is 2. The van der Waals surface area contributed by atoms with E-state index in [9.17, 15) is 9.59 Å². The van der Waals surface area contributed by atoms with Crippen molar-refractivity contribution in [3.8, 4) is 0 Å². The van der Waals surface area contributed by atoms with Crippen molar-refractivity contribution in [3.63, 3.8) is 0 Å². The first-order valence-corrected chi connectivity index (χ1v) is 6.13. The van der Waals surface area contributed by atoms with Gasteiger partial charge in [0.05, 0.1) is 4.83 Å². The van der Waals surface area contributed by atoms with Gasteiger partial charge in [-0.05, 0) is 12.3 Å². The van der Waals surface area contributed by atoms with Crippen LogP contribution < -0.4 is 10.6 Å². The fourth-order valence-electron chi connectivity index (χ4n) is 1.45. The standard InChI is InChI=1S/C10H17BrN2O2/c1-6(2)9(11)10(15)12-5-7-3-4-8(14)13-7/h6-7,9H,3-5H2,1-2H3,(H,12,15)(H,13,14). The van der Waals surface area contributed by atoms with E-state index in [1.165, 1.54) is 0 Å². The van der Waals surface area contributed by atoms with E-state index in [0.29, 0.717) is 13.0 Å². The maximum Gasteiger partial charge on any atom is 0.234 e. The van der Waals surface area contributed by atoms with Gasteiger partial charge < -0.3 is 10.6 Å². The van der Waals surface area contributed by atoms with Gasteiger partial charge in [-0.25, -0.2) is 0 Å². The lowest BCUT2D eigenvalue weighted by molar-refractivity contribution is -0.122. The molecule has 0 bridgehead atoms. The molecule has 1 rings (SSSR count). The predicted octanol–water partition coefficient (Wildman–Crippen LogP) is 0.801. The highest BCUT2D eigenvalue weighted by Crippen LogP contribution is 2.12. The summed E-state index contributed by atoms with van der Waals surface area (Å²) in [6.07, 6.45) is 1.39. The second-order valence-electron chi connectivity index (χ2n) is 4.19. The molecule has 2 N–H and O–H groups in total. The van der Waals surface area contributed by atoms with E-state index in [0.717, 1.165) is 6.42 Å². The van der Waals surface area contributed by atoms with Gasteiger partial charge in [-0.1, -0.05) is 29.8 Å². The second-order valence-corrected chi connectivity index (χ2v) is 5.18. The van der Waals surface area contributed by atoms with Gasteiger partial charge in [-0.2, -0.15) is 0 Å². The van der Waals surface area contributed by atoms with Crippen molar-refractivity contribution >= 4 is 27.7 Å². The van der Waals surface area contributed by atoms with Crippen molar-refractivity contribution in [1.29, 1.82) is 0 Å². The van der Waals surface area contributed by atoms with E-state index in [1.807, 2.05) is 13.8 Å². The third-order valence-corrected chi connectivity index (χ3v) is 3.92. The van der Waals surface area contributed by atoms with Crippen molar-refractivity contribution in [2.24, 2.45) is 5.92 Å². The molecule has 0 radical (unpaired) electrons. The minimum absolute atomic E-state index is 0.00820. The molecule has 1 heterocycles. The normalized spacial score (nSPS) is 22.7. The van der Waals surface area contributed by atoms with Crippen LogP contribution in [0, 0.1) is 5.92 Å². The van der Waals surface area contributed by atoms with E-state index in [-0.39, 0.29) is 28.6 Å². The zero-order chi connectivity index (χ0) is 11.4. The Hall–Kier alpha value is -0.580. The third-order valence-electron chi connectivity index (χ3n) is 2.44. The molecule has 0 aliphatic carbocycles. The summed E-state index contributed by atoms with van der Waals surface area (Å²) in [5, 5.41) is 5.63. The molecular weight excluding hydrogens is 260 g/mol. The molecule has 2 amide bonds. The van der Waals surface area contributed by atoms with E-state index in [1.54, 1.807) is 0 Å². The molecule has 2 unspecified atom stereocenters. The Morgan fingerprint density at radius 2 is 2.33 bits per heavy atom. The lowest BCUT2D eigenvalue weighted by atomic mass is 10.1. The molecule has 0 aromatic heterocycles. The van der Waals surface area contributed by atoms with Gasteiger partial charge in [0, 0.05) is 19.0 Å². The molecule has 86 valence electrons. The Kier molecular flexibility index (Phi) is 4.57. The summed E-state index contributed by atoms with van der Waals surface area (Å²) >= 11 is 3.33. The first-order valence-electron chi connectivity index (χ1n) is 5.22. The number of hydrogen-bond donors (Lipinski definition) is 2. The van der Waals surface area contributed by atoms with E-state index in [2.05, 4.69) is 26.6 Å². The minimum Gasteiger partial charge on any atom is -0.353 e. The zero-order valence-corrected chi connectivity index (χ0v) is 10.6. The molecule has 15 heavy (non-hydrogen) atoms. The fraction of sp³-hybridized carbons (Fsp3) is 0.800. The Morgan fingerprint density at radius 1 is 1.67 bits per heavy atom. The number of nitrogens with one attached hydrogen (secondary N) is 2. The first kappa shape index (κ1) is 12.5. The summed E-state index contributed by atoms with van der Waals surface area (Å²) in [4.78, 5) is 22.3. The van der Waals surface area contributed by atoms with Crippen LogP contribution in [0.1, 0.15) is 26.7 Å².